The summed E-state index contributed by atoms with van der Waals surface area (Å²) >= 11 is 0. The molecule has 0 radical (unpaired) electrons. The van der Waals surface area contributed by atoms with E-state index in [1.54, 1.807) is 6.33 Å². The first-order chi connectivity index (χ1) is 11.1. The van der Waals surface area contributed by atoms with Gasteiger partial charge >= 0.3 is 5.97 Å². The first-order valence-corrected chi connectivity index (χ1v) is 7.78. The summed E-state index contributed by atoms with van der Waals surface area (Å²) in [5.74, 6) is 0.322. The molecule has 1 unspecified atom stereocenters. The fourth-order valence-corrected chi connectivity index (χ4v) is 2.24. The van der Waals surface area contributed by atoms with Gasteiger partial charge in [0.2, 0.25) is 0 Å². The van der Waals surface area contributed by atoms with Gasteiger partial charge in [0.25, 0.3) is 0 Å². The number of hydrogen-bond acceptors (Lipinski definition) is 7. The molecular weight excluding hydrogens is 298 g/mol. The number of nitrogens with zero attached hydrogens (tertiary/aromatic N) is 4. The molecule has 8 nitrogen and oxygen atoms in total. The normalized spacial score (nSPS) is 12.3. The first kappa shape index (κ1) is 17.1. The average molecular weight is 321 g/mol. The largest absolute Gasteiger partial charge is 0.464 e. The number of rotatable bonds is 9. The summed E-state index contributed by atoms with van der Waals surface area (Å²) in [5, 5.41) is 12.0. The van der Waals surface area contributed by atoms with Gasteiger partial charge in [-0.2, -0.15) is 0 Å². The van der Waals surface area contributed by atoms with Crippen molar-refractivity contribution in [3.63, 3.8) is 0 Å². The van der Waals surface area contributed by atoms with Crippen LogP contribution in [0.25, 0.3) is 11.2 Å². The van der Waals surface area contributed by atoms with Crippen molar-refractivity contribution in [1.82, 2.24) is 19.5 Å². The maximum atomic E-state index is 10.9. The molecule has 0 amide bonds. The molecule has 2 aromatic heterocycles. The highest BCUT2D eigenvalue weighted by Crippen LogP contribution is 2.18. The Morgan fingerprint density at radius 3 is 2.91 bits per heavy atom. The Morgan fingerprint density at radius 2 is 2.17 bits per heavy atom. The predicted molar refractivity (Wildman–Crippen MR) is 86.0 cm³/mol. The highest BCUT2D eigenvalue weighted by Gasteiger charge is 2.12. The van der Waals surface area contributed by atoms with Crippen LogP contribution in [0, 0.1) is 0 Å². The van der Waals surface area contributed by atoms with Crippen LogP contribution in [0.4, 0.5) is 5.82 Å². The van der Waals surface area contributed by atoms with Gasteiger partial charge in [0.15, 0.2) is 11.5 Å². The lowest BCUT2D eigenvalue weighted by atomic mass is 10.2. The minimum absolute atomic E-state index is 0.0771. The Kier molecular flexibility index (Phi) is 6.28. The second-order valence-corrected chi connectivity index (χ2v) is 5.46. The van der Waals surface area contributed by atoms with Crippen molar-refractivity contribution in [1.29, 1.82) is 0 Å². The van der Waals surface area contributed by atoms with E-state index in [-0.39, 0.29) is 25.2 Å². The van der Waals surface area contributed by atoms with Gasteiger partial charge in [-0.15, -0.1) is 0 Å². The average Bonchev–Trinajstić information content (AvgIpc) is 2.94. The molecule has 2 heterocycles. The topological polar surface area (TPSA) is 102 Å². The molecule has 0 aliphatic carbocycles. The van der Waals surface area contributed by atoms with Gasteiger partial charge in [-0.05, 0) is 26.2 Å². The van der Waals surface area contributed by atoms with E-state index >= 15 is 0 Å². The molecule has 0 saturated heterocycles. The molecule has 8 heteroatoms. The smallest absolute Gasteiger partial charge is 0.302 e. The molecule has 0 aliphatic heterocycles. The van der Waals surface area contributed by atoms with E-state index in [1.165, 1.54) is 13.3 Å². The van der Waals surface area contributed by atoms with Crippen molar-refractivity contribution in [3.8, 4) is 0 Å². The summed E-state index contributed by atoms with van der Waals surface area (Å²) in [6, 6.07) is -0.0771. The number of unbranched alkanes of at least 4 members (excludes halogenated alkanes) is 2. The van der Waals surface area contributed by atoms with Crippen molar-refractivity contribution in [2.24, 2.45) is 0 Å². The van der Waals surface area contributed by atoms with Gasteiger partial charge < -0.3 is 19.7 Å². The molecule has 0 fully saturated rings. The summed E-state index contributed by atoms with van der Waals surface area (Å²) in [6.07, 6.45) is 5.98. The molecule has 2 rings (SSSR count). The molecule has 126 valence electrons. The van der Waals surface area contributed by atoms with Crippen LogP contribution < -0.4 is 5.32 Å². The molecule has 0 aromatic carbocycles. The summed E-state index contributed by atoms with van der Waals surface area (Å²) in [4.78, 5) is 23.8. The van der Waals surface area contributed by atoms with E-state index in [2.05, 4.69) is 20.3 Å². The zero-order valence-electron chi connectivity index (χ0n) is 13.5. The van der Waals surface area contributed by atoms with Gasteiger partial charge in [0.1, 0.15) is 18.5 Å². The molecule has 0 aliphatic rings. The molecule has 1 atom stereocenters. The number of imidazole rings is 1. The van der Waals surface area contributed by atoms with E-state index in [4.69, 9.17) is 9.84 Å². The summed E-state index contributed by atoms with van der Waals surface area (Å²) in [7, 11) is 0. The van der Waals surface area contributed by atoms with Gasteiger partial charge in [-0.3, -0.25) is 4.79 Å². The number of aliphatic hydroxyl groups is 1. The Bertz CT molecular complexity index is 643. The van der Waals surface area contributed by atoms with Crippen molar-refractivity contribution < 1.29 is 14.6 Å². The third-order valence-corrected chi connectivity index (χ3v) is 3.38. The molecular formula is C15H23N5O3. The third-order valence-electron chi connectivity index (χ3n) is 3.38. The number of anilines is 1. The number of nitrogens with one attached hydrogen (secondary N) is 1. The second-order valence-electron chi connectivity index (χ2n) is 5.46. The lowest BCUT2D eigenvalue weighted by Gasteiger charge is -2.14. The Morgan fingerprint density at radius 1 is 1.35 bits per heavy atom. The Labute approximate surface area is 134 Å². The number of carbonyl (C=O) groups excluding carboxylic acids is 1. The highest BCUT2D eigenvalue weighted by molar-refractivity contribution is 5.82. The quantitative estimate of drug-likeness (QED) is 0.531. The molecule has 2 aromatic rings. The SMILES string of the molecule is CC(=O)OCC(C)Nc1ncnc2c1ncn2CCCCCO. The van der Waals surface area contributed by atoms with Gasteiger partial charge in [-0.25, -0.2) is 15.0 Å². The van der Waals surface area contributed by atoms with Crippen LogP contribution in [0.2, 0.25) is 0 Å². The van der Waals surface area contributed by atoms with E-state index in [0.717, 1.165) is 31.5 Å². The van der Waals surface area contributed by atoms with E-state index in [1.807, 2.05) is 11.5 Å². The van der Waals surface area contributed by atoms with Crippen LogP contribution in [-0.2, 0) is 16.1 Å². The van der Waals surface area contributed by atoms with Crippen LogP contribution in [0.1, 0.15) is 33.1 Å². The summed E-state index contributed by atoms with van der Waals surface area (Å²) < 4.78 is 6.96. The van der Waals surface area contributed by atoms with Crippen molar-refractivity contribution in [2.75, 3.05) is 18.5 Å². The first-order valence-electron chi connectivity index (χ1n) is 7.78. The fourth-order valence-electron chi connectivity index (χ4n) is 2.24. The molecule has 23 heavy (non-hydrogen) atoms. The Balaban J connectivity index is 2.04. The number of aliphatic hydroxyl groups excluding tert-OH is 1. The van der Waals surface area contributed by atoms with Gasteiger partial charge in [0, 0.05) is 20.1 Å². The van der Waals surface area contributed by atoms with Crippen LogP contribution in [-0.4, -0.2) is 49.9 Å². The number of esters is 1. The number of carbonyl (C=O) groups is 1. The van der Waals surface area contributed by atoms with Crippen LogP contribution in [0.3, 0.4) is 0 Å². The third kappa shape index (κ3) is 4.88. The Hall–Kier alpha value is -2.22. The highest BCUT2D eigenvalue weighted by atomic mass is 16.5. The number of aromatic nitrogens is 4. The predicted octanol–water partition coefficient (Wildman–Crippen LogP) is 1.35. The van der Waals surface area contributed by atoms with Crippen LogP contribution >= 0.6 is 0 Å². The number of ether oxygens (including phenoxy) is 1. The maximum Gasteiger partial charge on any atom is 0.302 e. The minimum atomic E-state index is -0.307. The second kappa shape index (κ2) is 8.42. The standard InChI is InChI=1S/C15H23N5O3/c1-11(8-23-12(2)22)19-14-13-15(17-9-16-14)20(10-18-13)6-4-3-5-7-21/h9-11,21H,3-8H2,1-2H3,(H,16,17,19). The van der Waals surface area contributed by atoms with Gasteiger partial charge in [-0.1, -0.05) is 0 Å². The van der Waals surface area contributed by atoms with Gasteiger partial charge in [0.05, 0.1) is 12.4 Å². The number of hydrogen-bond donors (Lipinski definition) is 2. The molecule has 2 N–H and O–H groups in total. The molecule has 0 spiro atoms. The number of fused-ring (bicyclic) bond motifs is 1. The van der Waals surface area contributed by atoms with Crippen LogP contribution in [0.15, 0.2) is 12.7 Å². The van der Waals surface area contributed by atoms with Crippen molar-refractivity contribution in [3.05, 3.63) is 12.7 Å². The van der Waals surface area contributed by atoms with E-state index in [9.17, 15) is 4.79 Å². The monoisotopic (exact) mass is 321 g/mol. The number of aryl methyl sites for hydroxylation is 1. The van der Waals surface area contributed by atoms with E-state index < -0.39 is 0 Å². The fraction of sp³-hybridized carbons (Fsp3) is 0.600. The zero-order chi connectivity index (χ0) is 16.7. The van der Waals surface area contributed by atoms with Crippen LogP contribution in [0.5, 0.6) is 0 Å². The van der Waals surface area contributed by atoms with Crippen molar-refractivity contribution in [2.45, 2.75) is 45.7 Å². The maximum absolute atomic E-state index is 10.9. The molecule has 0 saturated carbocycles. The lowest BCUT2D eigenvalue weighted by molar-refractivity contribution is -0.141. The minimum Gasteiger partial charge on any atom is -0.464 e. The molecule has 0 bridgehead atoms. The van der Waals surface area contributed by atoms with Crippen molar-refractivity contribution >= 4 is 23.0 Å². The zero-order valence-corrected chi connectivity index (χ0v) is 13.5. The lowest BCUT2D eigenvalue weighted by Crippen LogP contribution is -2.23. The summed E-state index contributed by atoms with van der Waals surface area (Å²) in [5.41, 5.74) is 1.47. The summed E-state index contributed by atoms with van der Waals surface area (Å²) in [6.45, 7) is 4.58. The van der Waals surface area contributed by atoms with E-state index in [0.29, 0.717) is 11.3 Å².